The molecular formula is C19H24N2O5S. The number of nitrogens with one attached hydrogen (secondary N) is 2. The number of para-hydroxylation sites is 1. The lowest BCUT2D eigenvalue weighted by Crippen LogP contribution is -2.44. The Kier molecular flexibility index (Phi) is 6.81. The molecule has 0 saturated carbocycles. The van der Waals surface area contributed by atoms with Crippen LogP contribution in [0.25, 0.3) is 0 Å². The number of carbonyl (C=O) groups is 1. The van der Waals surface area contributed by atoms with E-state index in [9.17, 15) is 13.2 Å². The van der Waals surface area contributed by atoms with Crippen LogP contribution in [0.1, 0.15) is 18.1 Å². The second kappa shape index (κ2) is 8.88. The first-order valence-electron chi connectivity index (χ1n) is 8.35. The third-order valence-corrected chi connectivity index (χ3v) is 5.59. The van der Waals surface area contributed by atoms with Gasteiger partial charge in [0.25, 0.3) is 0 Å². The summed E-state index contributed by atoms with van der Waals surface area (Å²) in [5, 5.41) is 2.71. The summed E-state index contributed by atoms with van der Waals surface area (Å²) in [6.07, 6.45) is 0. The number of hydrogen-bond acceptors (Lipinski definition) is 5. The van der Waals surface area contributed by atoms with Crippen molar-refractivity contribution < 1.29 is 22.7 Å². The summed E-state index contributed by atoms with van der Waals surface area (Å²) in [5.41, 5.74) is 1.49. The van der Waals surface area contributed by atoms with Crippen molar-refractivity contribution in [3.63, 3.8) is 0 Å². The van der Waals surface area contributed by atoms with E-state index in [0.717, 1.165) is 5.56 Å². The van der Waals surface area contributed by atoms with E-state index in [4.69, 9.17) is 9.47 Å². The highest BCUT2D eigenvalue weighted by atomic mass is 32.2. The van der Waals surface area contributed by atoms with Gasteiger partial charge in [0.2, 0.25) is 15.9 Å². The van der Waals surface area contributed by atoms with Crippen LogP contribution in [0.3, 0.4) is 0 Å². The predicted octanol–water partition coefficient (Wildman–Crippen LogP) is 2.00. The lowest BCUT2D eigenvalue weighted by molar-refractivity contribution is -0.122. The minimum Gasteiger partial charge on any atom is -0.496 e. The Hall–Kier alpha value is -2.58. The topological polar surface area (TPSA) is 93.7 Å². The lowest BCUT2D eigenvalue weighted by atomic mass is 10.2. The molecule has 0 saturated heterocycles. The highest BCUT2D eigenvalue weighted by Gasteiger charge is 2.22. The van der Waals surface area contributed by atoms with Gasteiger partial charge in [0, 0.05) is 12.1 Å². The van der Waals surface area contributed by atoms with Crippen LogP contribution in [0, 0.1) is 6.92 Å². The van der Waals surface area contributed by atoms with Gasteiger partial charge in [-0.05, 0) is 43.7 Å². The molecule has 7 nitrogen and oxygen atoms in total. The van der Waals surface area contributed by atoms with E-state index < -0.39 is 22.0 Å². The molecule has 2 rings (SSSR count). The van der Waals surface area contributed by atoms with Crippen molar-refractivity contribution in [1.29, 1.82) is 0 Å². The Labute approximate surface area is 159 Å². The average Bonchev–Trinajstić information content (AvgIpc) is 2.65. The number of methoxy groups -OCH3 is 2. The van der Waals surface area contributed by atoms with E-state index in [1.807, 2.05) is 18.2 Å². The van der Waals surface area contributed by atoms with E-state index in [-0.39, 0.29) is 11.4 Å². The van der Waals surface area contributed by atoms with Gasteiger partial charge < -0.3 is 14.8 Å². The molecule has 0 heterocycles. The minimum absolute atomic E-state index is 0.0742. The molecule has 8 heteroatoms. The molecule has 0 bridgehead atoms. The number of hydrogen-bond donors (Lipinski definition) is 2. The SMILES string of the molecule is COc1ccc(S(=O)(=O)N[C@H](C)C(=O)NCc2ccccc2OC)cc1C. The molecule has 0 fully saturated rings. The van der Waals surface area contributed by atoms with Crippen LogP contribution in [-0.4, -0.2) is 34.6 Å². The zero-order valence-corrected chi connectivity index (χ0v) is 16.6. The van der Waals surface area contributed by atoms with Crippen molar-refractivity contribution in [2.75, 3.05) is 14.2 Å². The van der Waals surface area contributed by atoms with Crippen molar-refractivity contribution in [2.45, 2.75) is 31.3 Å². The van der Waals surface area contributed by atoms with Gasteiger partial charge in [-0.1, -0.05) is 18.2 Å². The Balaban J connectivity index is 2.03. The zero-order chi connectivity index (χ0) is 20.0. The van der Waals surface area contributed by atoms with Gasteiger partial charge in [-0.15, -0.1) is 0 Å². The predicted molar refractivity (Wildman–Crippen MR) is 102 cm³/mol. The molecule has 0 radical (unpaired) electrons. The Morgan fingerprint density at radius 1 is 1.07 bits per heavy atom. The van der Waals surface area contributed by atoms with E-state index in [1.165, 1.54) is 26.2 Å². The van der Waals surface area contributed by atoms with Crippen LogP contribution < -0.4 is 19.5 Å². The number of aryl methyl sites for hydroxylation is 1. The highest BCUT2D eigenvalue weighted by molar-refractivity contribution is 7.89. The summed E-state index contributed by atoms with van der Waals surface area (Å²) in [4.78, 5) is 12.4. The molecule has 2 aromatic rings. The highest BCUT2D eigenvalue weighted by Crippen LogP contribution is 2.21. The number of sulfonamides is 1. The van der Waals surface area contributed by atoms with Gasteiger partial charge in [0.15, 0.2) is 0 Å². The number of benzene rings is 2. The Bertz CT molecular complexity index is 912. The van der Waals surface area contributed by atoms with Crippen molar-refractivity contribution in [2.24, 2.45) is 0 Å². The maximum absolute atomic E-state index is 12.5. The maximum Gasteiger partial charge on any atom is 0.241 e. The molecule has 2 aromatic carbocycles. The third-order valence-electron chi connectivity index (χ3n) is 4.05. The van der Waals surface area contributed by atoms with E-state index in [1.54, 1.807) is 26.2 Å². The van der Waals surface area contributed by atoms with Gasteiger partial charge in [0.1, 0.15) is 11.5 Å². The van der Waals surface area contributed by atoms with Gasteiger partial charge in [-0.25, -0.2) is 8.42 Å². The lowest BCUT2D eigenvalue weighted by Gasteiger charge is -2.16. The first-order chi connectivity index (χ1) is 12.8. The van der Waals surface area contributed by atoms with Crippen LogP contribution in [0.4, 0.5) is 0 Å². The number of carbonyl (C=O) groups excluding carboxylic acids is 1. The fourth-order valence-electron chi connectivity index (χ4n) is 2.56. The molecule has 0 spiro atoms. The number of amides is 1. The molecule has 0 unspecified atom stereocenters. The molecule has 1 amide bonds. The standard InChI is InChI=1S/C19H24N2O5S/c1-13-11-16(9-10-17(13)25-3)27(23,24)21-14(2)19(22)20-12-15-7-5-6-8-18(15)26-4/h5-11,14,21H,12H2,1-4H3,(H,20,22)/t14-/m1/s1. The van der Waals surface area contributed by atoms with Crippen LogP contribution in [0.5, 0.6) is 11.5 Å². The van der Waals surface area contributed by atoms with E-state index >= 15 is 0 Å². The van der Waals surface area contributed by atoms with Gasteiger partial charge in [-0.2, -0.15) is 4.72 Å². The molecule has 146 valence electrons. The second-order valence-corrected chi connectivity index (χ2v) is 7.72. The van der Waals surface area contributed by atoms with E-state index in [2.05, 4.69) is 10.0 Å². The van der Waals surface area contributed by atoms with Crippen molar-refractivity contribution in [3.05, 3.63) is 53.6 Å². The normalized spacial score (nSPS) is 12.3. The molecule has 0 aromatic heterocycles. The van der Waals surface area contributed by atoms with Gasteiger partial charge >= 0.3 is 0 Å². The molecule has 1 atom stereocenters. The van der Waals surface area contributed by atoms with Gasteiger partial charge in [-0.3, -0.25) is 4.79 Å². The van der Waals surface area contributed by atoms with Crippen molar-refractivity contribution in [1.82, 2.24) is 10.0 Å². The van der Waals surface area contributed by atoms with Crippen LogP contribution in [0.2, 0.25) is 0 Å². The fourth-order valence-corrected chi connectivity index (χ4v) is 3.84. The molecule has 0 aliphatic carbocycles. The smallest absolute Gasteiger partial charge is 0.241 e. The van der Waals surface area contributed by atoms with Crippen LogP contribution >= 0.6 is 0 Å². The minimum atomic E-state index is -3.84. The second-order valence-electron chi connectivity index (χ2n) is 6.00. The first-order valence-corrected chi connectivity index (χ1v) is 9.83. The molecular weight excluding hydrogens is 368 g/mol. The number of rotatable bonds is 8. The molecule has 0 aliphatic heterocycles. The monoisotopic (exact) mass is 392 g/mol. The summed E-state index contributed by atoms with van der Waals surface area (Å²) in [6.45, 7) is 3.48. The summed E-state index contributed by atoms with van der Waals surface area (Å²) in [6, 6.07) is 10.9. The summed E-state index contributed by atoms with van der Waals surface area (Å²) >= 11 is 0. The summed E-state index contributed by atoms with van der Waals surface area (Å²) in [5.74, 6) is 0.811. The Morgan fingerprint density at radius 2 is 1.74 bits per heavy atom. The number of ether oxygens (including phenoxy) is 2. The molecule has 0 aliphatic rings. The zero-order valence-electron chi connectivity index (χ0n) is 15.8. The molecule has 27 heavy (non-hydrogen) atoms. The maximum atomic E-state index is 12.5. The third kappa shape index (κ3) is 5.21. The van der Waals surface area contributed by atoms with Crippen LogP contribution in [-0.2, 0) is 21.4 Å². The fraction of sp³-hybridized carbons (Fsp3) is 0.316. The van der Waals surface area contributed by atoms with Crippen molar-refractivity contribution >= 4 is 15.9 Å². The summed E-state index contributed by atoms with van der Waals surface area (Å²) in [7, 11) is -0.772. The first kappa shape index (κ1) is 20.7. The Morgan fingerprint density at radius 3 is 2.37 bits per heavy atom. The van der Waals surface area contributed by atoms with Gasteiger partial charge in [0.05, 0.1) is 25.2 Å². The largest absolute Gasteiger partial charge is 0.496 e. The quantitative estimate of drug-likeness (QED) is 0.717. The van der Waals surface area contributed by atoms with E-state index in [0.29, 0.717) is 17.1 Å². The molecule has 2 N–H and O–H groups in total. The van der Waals surface area contributed by atoms with Crippen LogP contribution in [0.15, 0.2) is 47.4 Å². The average molecular weight is 392 g/mol. The summed E-state index contributed by atoms with van der Waals surface area (Å²) < 4.78 is 37.8. The van der Waals surface area contributed by atoms with Crippen molar-refractivity contribution in [3.8, 4) is 11.5 Å².